The van der Waals surface area contributed by atoms with Gasteiger partial charge in [-0.15, -0.1) is 24.0 Å². The summed E-state index contributed by atoms with van der Waals surface area (Å²) in [5.74, 6) is 1.19. The number of morpholine rings is 1. The van der Waals surface area contributed by atoms with Gasteiger partial charge in [0, 0.05) is 72.2 Å². The number of nitrogens with zero attached hydrogens (tertiary/aromatic N) is 4. The van der Waals surface area contributed by atoms with Crippen molar-refractivity contribution in [3.63, 3.8) is 0 Å². The highest BCUT2D eigenvalue weighted by Crippen LogP contribution is 2.11. The first-order valence-corrected chi connectivity index (χ1v) is 11.6. The second-order valence-electron chi connectivity index (χ2n) is 8.03. The molecule has 0 atom stereocenters. The minimum atomic E-state index is 0. The second kappa shape index (κ2) is 15.2. The Balaban J connectivity index is 0.00000341. The third-order valence-corrected chi connectivity index (χ3v) is 5.82. The van der Waals surface area contributed by atoms with Gasteiger partial charge in [0.1, 0.15) is 0 Å². The fraction of sp³-hybridized carbons (Fsp3) is 0.905. The van der Waals surface area contributed by atoms with Crippen molar-refractivity contribution in [3.8, 4) is 0 Å². The Bertz CT molecular complexity index is 534. The molecule has 1 N–H and O–H groups in total. The minimum Gasteiger partial charge on any atom is -0.381 e. The van der Waals surface area contributed by atoms with Crippen LogP contribution in [0, 0.1) is 0 Å². The molecule has 0 aromatic heterocycles. The number of hydrogen-bond acceptors (Lipinski definition) is 6. The van der Waals surface area contributed by atoms with E-state index in [0.29, 0.717) is 39.0 Å². The third-order valence-electron chi connectivity index (χ3n) is 5.82. The van der Waals surface area contributed by atoms with E-state index in [-0.39, 0.29) is 29.9 Å². The molecule has 3 fully saturated rings. The molecule has 3 saturated heterocycles. The number of ether oxygens (including phenoxy) is 3. The maximum atomic E-state index is 12.5. The van der Waals surface area contributed by atoms with Crippen LogP contribution in [0.3, 0.4) is 0 Å². The van der Waals surface area contributed by atoms with E-state index in [1.165, 1.54) is 0 Å². The molecule has 0 aromatic carbocycles. The molecule has 0 bridgehead atoms. The van der Waals surface area contributed by atoms with Crippen LogP contribution in [0.5, 0.6) is 0 Å². The van der Waals surface area contributed by atoms with Gasteiger partial charge in [0.15, 0.2) is 5.96 Å². The number of halogens is 1. The maximum absolute atomic E-state index is 12.5. The zero-order chi connectivity index (χ0) is 21.0. The van der Waals surface area contributed by atoms with Crippen molar-refractivity contribution in [1.82, 2.24) is 20.0 Å². The Morgan fingerprint density at radius 3 is 2.35 bits per heavy atom. The summed E-state index contributed by atoms with van der Waals surface area (Å²) in [7, 11) is 0. The number of amides is 1. The molecule has 0 aromatic rings. The molecule has 0 saturated carbocycles. The molecule has 0 spiro atoms. The number of nitrogens with one attached hydrogen (secondary N) is 1. The molecule has 3 rings (SSSR count). The van der Waals surface area contributed by atoms with E-state index in [1.54, 1.807) is 0 Å². The minimum absolute atomic E-state index is 0. The van der Waals surface area contributed by atoms with E-state index in [4.69, 9.17) is 19.2 Å². The molecule has 1 amide bonds. The van der Waals surface area contributed by atoms with Gasteiger partial charge in [0.25, 0.3) is 0 Å². The average Bonchev–Trinajstić information content (AvgIpc) is 2.80. The number of rotatable bonds is 8. The van der Waals surface area contributed by atoms with Gasteiger partial charge in [0.05, 0.1) is 25.9 Å². The largest absolute Gasteiger partial charge is 0.381 e. The van der Waals surface area contributed by atoms with E-state index < -0.39 is 0 Å². The maximum Gasteiger partial charge on any atom is 0.236 e. The van der Waals surface area contributed by atoms with Crippen LogP contribution >= 0.6 is 24.0 Å². The Labute approximate surface area is 203 Å². The number of hydrogen-bond donors (Lipinski definition) is 1. The zero-order valence-corrected chi connectivity index (χ0v) is 21.3. The monoisotopic (exact) mass is 553 g/mol. The predicted molar refractivity (Wildman–Crippen MR) is 131 cm³/mol. The lowest BCUT2D eigenvalue weighted by Crippen LogP contribution is -2.55. The first-order valence-electron chi connectivity index (χ1n) is 11.6. The molecular weight excluding hydrogens is 513 g/mol. The van der Waals surface area contributed by atoms with E-state index in [0.717, 1.165) is 84.3 Å². The van der Waals surface area contributed by atoms with E-state index in [1.807, 2.05) is 4.90 Å². The van der Waals surface area contributed by atoms with Gasteiger partial charge in [-0.25, -0.2) is 0 Å². The summed E-state index contributed by atoms with van der Waals surface area (Å²) >= 11 is 0. The standard InChI is InChI=1S/C21H39N5O4.HI/c1-2-22-21(23-6-3-13-30-19-4-14-28-15-5-19)26-9-7-24(8-10-26)18-20(27)25-11-16-29-17-12-25;/h19H,2-18H2,1H3,(H,22,23);1H. The second-order valence-corrected chi connectivity index (χ2v) is 8.03. The quantitative estimate of drug-likeness (QED) is 0.205. The molecule has 0 aliphatic carbocycles. The molecular formula is C21H40IN5O4. The molecule has 9 nitrogen and oxygen atoms in total. The van der Waals surface area contributed by atoms with Gasteiger partial charge < -0.3 is 29.3 Å². The summed E-state index contributed by atoms with van der Waals surface area (Å²) in [5.41, 5.74) is 0. The number of piperazine rings is 1. The Kier molecular flexibility index (Phi) is 13.0. The van der Waals surface area contributed by atoms with Crippen LogP contribution in [-0.2, 0) is 19.0 Å². The number of aliphatic imine (C=N–C) groups is 1. The molecule has 31 heavy (non-hydrogen) atoms. The normalized spacial score (nSPS) is 21.6. The van der Waals surface area contributed by atoms with Crippen LogP contribution < -0.4 is 5.32 Å². The summed E-state index contributed by atoms with van der Waals surface area (Å²) in [5, 5.41) is 3.41. The molecule has 3 aliphatic heterocycles. The first-order chi connectivity index (χ1) is 14.8. The summed E-state index contributed by atoms with van der Waals surface area (Å²) < 4.78 is 16.6. The van der Waals surface area contributed by atoms with Crippen LogP contribution in [0.15, 0.2) is 4.99 Å². The van der Waals surface area contributed by atoms with Crippen LogP contribution in [0.4, 0.5) is 0 Å². The lowest BCUT2D eigenvalue weighted by molar-refractivity contribution is -0.136. The molecule has 3 aliphatic rings. The van der Waals surface area contributed by atoms with Crippen molar-refractivity contribution in [2.75, 3.05) is 91.9 Å². The smallest absolute Gasteiger partial charge is 0.236 e. The lowest BCUT2D eigenvalue weighted by Gasteiger charge is -2.37. The van der Waals surface area contributed by atoms with Gasteiger partial charge >= 0.3 is 0 Å². The summed E-state index contributed by atoms with van der Waals surface area (Å²) in [6.45, 7) is 12.9. The average molecular weight is 553 g/mol. The molecule has 0 unspecified atom stereocenters. The Morgan fingerprint density at radius 1 is 1.00 bits per heavy atom. The van der Waals surface area contributed by atoms with Crippen molar-refractivity contribution in [2.45, 2.75) is 32.3 Å². The van der Waals surface area contributed by atoms with Crippen molar-refractivity contribution in [1.29, 1.82) is 0 Å². The topological polar surface area (TPSA) is 78.9 Å². The van der Waals surface area contributed by atoms with Crippen molar-refractivity contribution >= 4 is 35.8 Å². The first kappa shape index (κ1) is 26.6. The Morgan fingerprint density at radius 2 is 1.68 bits per heavy atom. The van der Waals surface area contributed by atoms with Crippen LogP contribution in [0.2, 0.25) is 0 Å². The van der Waals surface area contributed by atoms with E-state index in [9.17, 15) is 4.79 Å². The number of carbonyl (C=O) groups excluding carboxylic acids is 1. The van der Waals surface area contributed by atoms with Crippen LogP contribution in [0.25, 0.3) is 0 Å². The van der Waals surface area contributed by atoms with Crippen LogP contribution in [-0.4, -0.2) is 125 Å². The summed E-state index contributed by atoms with van der Waals surface area (Å²) in [4.78, 5) is 23.7. The third kappa shape index (κ3) is 9.37. The highest BCUT2D eigenvalue weighted by molar-refractivity contribution is 14.0. The van der Waals surface area contributed by atoms with Gasteiger partial charge in [-0.2, -0.15) is 0 Å². The zero-order valence-electron chi connectivity index (χ0n) is 18.9. The summed E-state index contributed by atoms with van der Waals surface area (Å²) in [6.07, 6.45) is 3.29. The van der Waals surface area contributed by atoms with Gasteiger partial charge in [-0.1, -0.05) is 0 Å². The number of guanidine groups is 1. The van der Waals surface area contributed by atoms with Gasteiger partial charge in [-0.3, -0.25) is 14.7 Å². The van der Waals surface area contributed by atoms with Crippen molar-refractivity contribution in [3.05, 3.63) is 0 Å². The van der Waals surface area contributed by atoms with Gasteiger partial charge in [0.2, 0.25) is 5.91 Å². The molecule has 0 radical (unpaired) electrons. The summed E-state index contributed by atoms with van der Waals surface area (Å²) in [6, 6.07) is 0. The molecule has 180 valence electrons. The molecule has 3 heterocycles. The van der Waals surface area contributed by atoms with Crippen LogP contribution in [0.1, 0.15) is 26.2 Å². The Hall–Kier alpha value is -0.690. The SMILES string of the molecule is CCNC(=NCCCOC1CCOCC1)N1CCN(CC(=O)N2CCOCC2)CC1.I. The number of carbonyl (C=O) groups is 1. The van der Waals surface area contributed by atoms with Crippen molar-refractivity contribution in [2.24, 2.45) is 4.99 Å². The lowest BCUT2D eigenvalue weighted by atomic mass is 10.1. The fourth-order valence-corrected chi connectivity index (χ4v) is 3.99. The predicted octanol–water partition coefficient (Wildman–Crippen LogP) is 0.632. The molecule has 10 heteroatoms. The fourth-order valence-electron chi connectivity index (χ4n) is 3.99. The highest BCUT2D eigenvalue weighted by Gasteiger charge is 2.24. The van der Waals surface area contributed by atoms with Gasteiger partial charge in [-0.05, 0) is 26.2 Å². The van der Waals surface area contributed by atoms with E-state index in [2.05, 4.69) is 22.0 Å². The highest BCUT2D eigenvalue weighted by atomic mass is 127. The van der Waals surface area contributed by atoms with E-state index >= 15 is 0 Å². The van der Waals surface area contributed by atoms with Crippen molar-refractivity contribution < 1.29 is 19.0 Å².